The number of aliphatic imine (C=N–C) groups is 1. The van der Waals surface area contributed by atoms with Crippen molar-refractivity contribution in [3.05, 3.63) is 59.2 Å². The van der Waals surface area contributed by atoms with Gasteiger partial charge in [0.15, 0.2) is 10.3 Å². The number of para-hydroxylation sites is 1. The summed E-state index contributed by atoms with van der Waals surface area (Å²) in [5.74, 6) is 1.12. The summed E-state index contributed by atoms with van der Waals surface area (Å²) in [6.07, 6.45) is 2.10. The topological polar surface area (TPSA) is 60.8 Å². The van der Waals surface area contributed by atoms with E-state index in [4.69, 9.17) is 12.2 Å². The lowest BCUT2D eigenvalue weighted by molar-refractivity contribution is 0.938. The van der Waals surface area contributed by atoms with Crippen molar-refractivity contribution in [3.63, 3.8) is 0 Å². The number of nitrogens with one attached hydrogen (secondary N) is 3. The zero-order chi connectivity index (χ0) is 20.6. The van der Waals surface area contributed by atoms with Gasteiger partial charge in [0.05, 0.1) is 5.71 Å². The molecule has 0 radical (unpaired) electrons. The largest absolute Gasteiger partial charge is 0.335 e. The van der Waals surface area contributed by atoms with Crippen molar-refractivity contribution in [1.29, 1.82) is 0 Å². The fraction of sp³-hybridized carbons (Fsp3) is 0.318. The van der Waals surface area contributed by atoms with Gasteiger partial charge in [-0.25, -0.2) is 0 Å². The molecular weight excluding hydrogens is 398 g/mol. The van der Waals surface area contributed by atoms with E-state index in [0.29, 0.717) is 5.11 Å². The summed E-state index contributed by atoms with van der Waals surface area (Å²) in [5.41, 5.74) is 9.35. The van der Waals surface area contributed by atoms with Gasteiger partial charge in [-0.2, -0.15) is 5.10 Å². The van der Waals surface area contributed by atoms with Crippen molar-refractivity contribution < 1.29 is 0 Å². The van der Waals surface area contributed by atoms with Gasteiger partial charge >= 0.3 is 0 Å². The second-order valence-corrected chi connectivity index (χ2v) is 8.31. The van der Waals surface area contributed by atoms with Crippen LogP contribution in [0.3, 0.4) is 0 Å². The first-order valence-electron chi connectivity index (χ1n) is 9.81. The Hall–Kier alpha value is -2.38. The molecule has 29 heavy (non-hydrogen) atoms. The Morgan fingerprint density at radius 3 is 2.69 bits per heavy atom. The van der Waals surface area contributed by atoms with Crippen LogP contribution >= 0.6 is 24.0 Å². The SMILES string of the molecule is CCc1cccc(C)c1NC(=S)N/N=C(/C)c1ccc(NC2=NCCCS2)cc1. The number of benzene rings is 2. The number of thiocarbonyl (C=S) groups is 1. The molecule has 0 spiro atoms. The molecule has 0 bridgehead atoms. The summed E-state index contributed by atoms with van der Waals surface area (Å²) in [7, 11) is 0. The molecular formula is C22H27N5S2. The lowest BCUT2D eigenvalue weighted by Crippen LogP contribution is -2.26. The maximum Gasteiger partial charge on any atom is 0.191 e. The van der Waals surface area contributed by atoms with E-state index >= 15 is 0 Å². The number of amidine groups is 1. The zero-order valence-corrected chi connectivity index (χ0v) is 18.7. The van der Waals surface area contributed by atoms with Gasteiger partial charge in [-0.3, -0.25) is 10.4 Å². The van der Waals surface area contributed by atoms with Crippen LogP contribution in [0.1, 0.15) is 37.0 Å². The minimum atomic E-state index is 0.485. The summed E-state index contributed by atoms with van der Waals surface area (Å²) < 4.78 is 0. The first-order chi connectivity index (χ1) is 14.1. The van der Waals surface area contributed by atoms with Gasteiger partial charge in [-0.05, 0) is 67.7 Å². The Kier molecular flexibility index (Phi) is 7.66. The molecule has 1 aliphatic heterocycles. The van der Waals surface area contributed by atoms with Gasteiger partial charge in [0.2, 0.25) is 0 Å². The highest BCUT2D eigenvalue weighted by Crippen LogP contribution is 2.21. The standard InChI is InChI=1S/C22H27N5S2/c1-4-17-8-5-7-15(2)20(17)25-21(28)27-26-16(3)18-9-11-19(12-10-18)24-22-23-13-6-14-29-22/h5,7-12H,4,6,13-14H2,1-3H3,(H,23,24)(H2,25,27,28)/b26-16-. The third-order valence-electron chi connectivity index (χ3n) is 4.65. The first-order valence-corrected chi connectivity index (χ1v) is 11.2. The molecule has 2 aromatic carbocycles. The number of anilines is 2. The van der Waals surface area contributed by atoms with E-state index in [0.717, 1.165) is 58.5 Å². The maximum atomic E-state index is 5.43. The summed E-state index contributed by atoms with van der Waals surface area (Å²) >= 11 is 7.20. The second-order valence-electron chi connectivity index (χ2n) is 6.82. The normalized spacial score (nSPS) is 14.2. The summed E-state index contributed by atoms with van der Waals surface area (Å²) in [6, 6.07) is 14.4. The van der Waals surface area contributed by atoms with Crippen molar-refractivity contribution in [2.24, 2.45) is 10.1 Å². The van der Waals surface area contributed by atoms with Crippen LogP contribution in [0.5, 0.6) is 0 Å². The average Bonchev–Trinajstić information content (AvgIpc) is 2.74. The smallest absolute Gasteiger partial charge is 0.191 e. The number of nitrogens with zero attached hydrogens (tertiary/aromatic N) is 2. The number of aryl methyl sites for hydroxylation is 2. The number of thioether (sulfide) groups is 1. The van der Waals surface area contributed by atoms with Gasteiger partial charge in [0.25, 0.3) is 0 Å². The van der Waals surface area contributed by atoms with Crippen LogP contribution in [0, 0.1) is 6.92 Å². The van der Waals surface area contributed by atoms with Crippen LogP contribution in [0.2, 0.25) is 0 Å². The maximum absolute atomic E-state index is 5.43. The van der Waals surface area contributed by atoms with E-state index in [1.165, 1.54) is 5.56 Å². The monoisotopic (exact) mass is 425 g/mol. The van der Waals surface area contributed by atoms with E-state index in [1.54, 1.807) is 11.8 Å². The number of hydrazone groups is 1. The highest BCUT2D eigenvalue weighted by molar-refractivity contribution is 8.14. The molecule has 0 saturated heterocycles. The molecule has 0 unspecified atom stereocenters. The quantitative estimate of drug-likeness (QED) is 0.350. The van der Waals surface area contributed by atoms with E-state index in [2.05, 4.69) is 58.2 Å². The van der Waals surface area contributed by atoms with Crippen LogP contribution in [0.15, 0.2) is 52.6 Å². The molecule has 1 heterocycles. The van der Waals surface area contributed by atoms with Crippen molar-refractivity contribution >= 4 is 51.3 Å². The zero-order valence-electron chi connectivity index (χ0n) is 17.1. The molecule has 0 saturated carbocycles. The van der Waals surface area contributed by atoms with Crippen molar-refractivity contribution in [1.82, 2.24) is 5.43 Å². The Labute approximate surface area is 182 Å². The fourth-order valence-corrected chi connectivity index (χ4v) is 3.98. The molecule has 7 heteroatoms. The molecule has 3 rings (SSSR count). The molecule has 0 atom stereocenters. The van der Waals surface area contributed by atoms with Gasteiger partial charge < -0.3 is 10.6 Å². The number of hydrogen-bond acceptors (Lipinski definition) is 5. The Morgan fingerprint density at radius 2 is 2.00 bits per heavy atom. The lowest BCUT2D eigenvalue weighted by atomic mass is 10.1. The molecule has 0 fully saturated rings. The van der Waals surface area contributed by atoms with Crippen LogP contribution < -0.4 is 16.1 Å². The summed E-state index contributed by atoms with van der Waals surface area (Å²) in [6.45, 7) is 7.08. The summed E-state index contributed by atoms with van der Waals surface area (Å²) in [5, 5.41) is 12.6. The molecule has 0 aliphatic carbocycles. The predicted octanol–water partition coefficient (Wildman–Crippen LogP) is 5.17. The molecule has 1 aliphatic rings. The molecule has 3 N–H and O–H groups in total. The van der Waals surface area contributed by atoms with E-state index in [1.807, 2.05) is 31.2 Å². The fourth-order valence-electron chi connectivity index (χ4n) is 3.00. The Bertz CT molecular complexity index is 919. The van der Waals surface area contributed by atoms with Gasteiger partial charge in [-0.1, -0.05) is 49.0 Å². The minimum Gasteiger partial charge on any atom is -0.335 e. The van der Waals surface area contributed by atoms with E-state index in [-0.39, 0.29) is 0 Å². The highest BCUT2D eigenvalue weighted by atomic mass is 32.2. The third-order valence-corrected chi connectivity index (χ3v) is 5.85. The minimum absolute atomic E-state index is 0.485. The Morgan fingerprint density at radius 1 is 1.21 bits per heavy atom. The Balaban J connectivity index is 1.59. The number of rotatable bonds is 5. The average molecular weight is 426 g/mol. The van der Waals surface area contributed by atoms with Crippen LogP contribution in [-0.4, -0.2) is 28.3 Å². The number of hydrogen-bond donors (Lipinski definition) is 3. The van der Waals surface area contributed by atoms with Gasteiger partial charge in [0.1, 0.15) is 0 Å². The third kappa shape index (κ3) is 6.05. The molecule has 2 aromatic rings. The van der Waals surface area contributed by atoms with Crippen molar-refractivity contribution in [2.75, 3.05) is 22.9 Å². The first kappa shape index (κ1) is 21.3. The molecule has 0 amide bonds. The van der Waals surface area contributed by atoms with Crippen LogP contribution in [0.4, 0.5) is 11.4 Å². The lowest BCUT2D eigenvalue weighted by Gasteiger charge is -2.15. The van der Waals surface area contributed by atoms with Gasteiger partial charge in [-0.15, -0.1) is 0 Å². The molecule has 152 valence electrons. The predicted molar refractivity (Wildman–Crippen MR) is 132 cm³/mol. The summed E-state index contributed by atoms with van der Waals surface area (Å²) in [4.78, 5) is 4.50. The highest BCUT2D eigenvalue weighted by Gasteiger charge is 2.07. The van der Waals surface area contributed by atoms with Crippen molar-refractivity contribution in [2.45, 2.75) is 33.6 Å². The molecule has 5 nitrogen and oxygen atoms in total. The second kappa shape index (κ2) is 10.4. The van der Waals surface area contributed by atoms with E-state index in [9.17, 15) is 0 Å². The van der Waals surface area contributed by atoms with Crippen LogP contribution in [0.25, 0.3) is 0 Å². The molecule has 0 aromatic heterocycles. The van der Waals surface area contributed by atoms with Gasteiger partial charge in [0, 0.05) is 23.7 Å². The van der Waals surface area contributed by atoms with E-state index < -0.39 is 0 Å². The van der Waals surface area contributed by atoms with Crippen LogP contribution in [-0.2, 0) is 6.42 Å². The van der Waals surface area contributed by atoms with Crippen molar-refractivity contribution in [3.8, 4) is 0 Å².